The molecule has 0 unspecified atom stereocenters. The molecular weight excluding hydrogens is 175 g/mol. The molecule has 1 aliphatic carbocycles. The van der Waals surface area contributed by atoms with Crippen LogP contribution in [0.15, 0.2) is 30.3 Å². The zero-order valence-electron chi connectivity index (χ0n) is 8.67. The minimum atomic E-state index is -1.13. The molecular formula is C13H17F. The van der Waals surface area contributed by atoms with E-state index in [4.69, 9.17) is 0 Å². The number of rotatable bonds is 2. The monoisotopic (exact) mass is 192 g/mol. The molecule has 0 aliphatic heterocycles. The molecule has 1 aromatic rings. The molecule has 2 rings (SSSR count). The van der Waals surface area contributed by atoms with Gasteiger partial charge in [0.15, 0.2) is 0 Å². The second-order valence-corrected chi connectivity index (χ2v) is 4.42. The summed E-state index contributed by atoms with van der Waals surface area (Å²) >= 11 is 0. The van der Waals surface area contributed by atoms with Gasteiger partial charge in [-0.3, -0.25) is 0 Å². The lowest BCUT2D eigenvalue weighted by Crippen LogP contribution is -2.24. The van der Waals surface area contributed by atoms with Gasteiger partial charge in [-0.25, -0.2) is 4.39 Å². The lowest BCUT2D eigenvalue weighted by molar-refractivity contribution is 0.104. The second kappa shape index (κ2) is 3.72. The number of alkyl halides is 1. The fourth-order valence-electron chi connectivity index (χ4n) is 2.47. The van der Waals surface area contributed by atoms with Crippen LogP contribution in [0.25, 0.3) is 0 Å². The SMILES string of the molecule is C[C@@](F)(c1ccccc1)C1CCCC1. The lowest BCUT2D eigenvalue weighted by Gasteiger charge is -2.27. The van der Waals surface area contributed by atoms with Crippen LogP contribution in [0.3, 0.4) is 0 Å². The summed E-state index contributed by atoms with van der Waals surface area (Å²) in [5, 5.41) is 0. The van der Waals surface area contributed by atoms with Gasteiger partial charge in [0.05, 0.1) is 0 Å². The van der Waals surface area contributed by atoms with Gasteiger partial charge in [-0.1, -0.05) is 43.2 Å². The molecule has 1 atom stereocenters. The van der Waals surface area contributed by atoms with E-state index in [0.29, 0.717) is 0 Å². The normalized spacial score (nSPS) is 22.1. The van der Waals surface area contributed by atoms with Gasteiger partial charge in [0, 0.05) is 0 Å². The average molecular weight is 192 g/mol. The number of hydrogen-bond acceptors (Lipinski definition) is 0. The third kappa shape index (κ3) is 1.68. The van der Waals surface area contributed by atoms with Crippen molar-refractivity contribution in [3.8, 4) is 0 Å². The van der Waals surface area contributed by atoms with Crippen molar-refractivity contribution in [2.24, 2.45) is 5.92 Å². The first-order valence-corrected chi connectivity index (χ1v) is 5.45. The molecule has 0 bridgehead atoms. The van der Waals surface area contributed by atoms with Gasteiger partial charge in [-0.15, -0.1) is 0 Å². The zero-order chi connectivity index (χ0) is 10.0. The van der Waals surface area contributed by atoms with Crippen molar-refractivity contribution in [3.05, 3.63) is 35.9 Å². The van der Waals surface area contributed by atoms with Crippen LogP contribution in [0.5, 0.6) is 0 Å². The molecule has 1 heteroatoms. The summed E-state index contributed by atoms with van der Waals surface area (Å²) in [6, 6.07) is 9.58. The molecule has 0 nitrogen and oxygen atoms in total. The molecule has 1 aromatic carbocycles. The smallest absolute Gasteiger partial charge is 0.136 e. The number of halogens is 1. The van der Waals surface area contributed by atoms with Crippen LogP contribution < -0.4 is 0 Å². The summed E-state index contributed by atoms with van der Waals surface area (Å²) in [5.41, 5.74) is -0.287. The predicted octanol–water partition coefficient (Wildman–Crippen LogP) is 4.06. The van der Waals surface area contributed by atoms with E-state index in [2.05, 4.69) is 0 Å². The van der Waals surface area contributed by atoms with E-state index in [1.54, 1.807) is 6.92 Å². The largest absolute Gasteiger partial charge is 0.239 e. The molecule has 0 radical (unpaired) electrons. The molecule has 76 valence electrons. The first kappa shape index (κ1) is 9.70. The standard InChI is InChI=1S/C13H17F/c1-13(14,12-9-5-6-10-12)11-7-3-2-4-8-11/h2-4,7-8,12H,5-6,9-10H2,1H3/t13-/m1/s1. The topological polar surface area (TPSA) is 0 Å². The first-order chi connectivity index (χ1) is 6.71. The van der Waals surface area contributed by atoms with Crippen molar-refractivity contribution in [1.29, 1.82) is 0 Å². The highest BCUT2D eigenvalue weighted by Gasteiger charge is 2.37. The van der Waals surface area contributed by atoms with Crippen molar-refractivity contribution in [3.63, 3.8) is 0 Å². The minimum Gasteiger partial charge on any atom is -0.239 e. The molecule has 1 fully saturated rings. The summed E-state index contributed by atoms with van der Waals surface area (Å²) in [7, 11) is 0. The van der Waals surface area contributed by atoms with Crippen LogP contribution in [0.1, 0.15) is 38.2 Å². The van der Waals surface area contributed by atoms with E-state index in [9.17, 15) is 4.39 Å². The van der Waals surface area contributed by atoms with E-state index in [1.165, 1.54) is 12.8 Å². The third-order valence-electron chi connectivity index (χ3n) is 3.46. The van der Waals surface area contributed by atoms with E-state index < -0.39 is 5.67 Å². The molecule has 0 aromatic heterocycles. The predicted molar refractivity (Wildman–Crippen MR) is 56.9 cm³/mol. The van der Waals surface area contributed by atoms with Crippen molar-refractivity contribution < 1.29 is 4.39 Å². The molecule has 0 heterocycles. The van der Waals surface area contributed by atoms with Crippen LogP contribution in [0.2, 0.25) is 0 Å². The highest BCUT2D eigenvalue weighted by molar-refractivity contribution is 5.22. The first-order valence-electron chi connectivity index (χ1n) is 5.45. The Labute approximate surface area is 85.1 Å². The van der Waals surface area contributed by atoms with E-state index in [-0.39, 0.29) is 5.92 Å². The molecule has 1 aliphatic rings. The summed E-state index contributed by atoms with van der Waals surface area (Å²) in [5.74, 6) is 0.227. The second-order valence-electron chi connectivity index (χ2n) is 4.42. The van der Waals surface area contributed by atoms with Crippen LogP contribution >= 0.6 is 0 Å². The summed E-state index contributed by atoms with van der Waals surface area (Å²) in [6.45, 7) is 1.73. The number of hydrogen-bond donors (Lipinski definition) is 0. The van der Waals surface area contributed by atoms with Gasteiger partial charge in [0.25, 0.3) is 0 Å². The van der Waals surface area contributed by atoms with Crippen molar-refractivity contribution in [2.75, 3.05) is 0 Å². The molecule has 0 spiro atoms. The maximum absolute atomic E-state index is 14.5. The van der Waals surface area contributed by atoms with E-state index in [1.807, 2.05) is 30.3 Å². The van der Waals surface area contributed by atoms with Gasteiger partial charge >= 0.3 is 0 Å². The van der Waals surface area contributed by atoms with Gasteiger partial charge < -0.3 is 0 Å². The summed E-state index contributed by atoms with van der Waals surface area (Å²) in [6.07, 6.45) is 4.47. The Bertz CT molecular complexity index is 283. The van der Waals surface area contributed by atoms with Gasteiger partial charge in [0.2, 0.25) is 0 Å². The average Bonchev–Trinajstić information content (AvgIpc) is 2.72. The van der Waals surface area contributed by atoms with E-state index >= 15 is 0 Å². The number of benzene rings is 1. The van der Waals surface area contributed by atoms with Gasteiger partial charge in [-0.05, 0) is 31.2 Å². The minimum absolute atomic E-state index is 0.227. The highest BCUT2D eigenvalue weighted by atomic mass is 19.1. The van der Waals surface area contributed by atoms with Crippen molar-refractivity contribution in [1.82, 2.24) is 0 Å². The Morgan fingerprint density at radius 2 is 1.71 bits per heavy atom. The van der Waals surface area contributed by atoms with Crippen molar-refractivity contribution >= 4 is 0 Å². The Balaban J connectivity index is 2.22. The van der Waals surface area contributed by atoms with Crippen LogP contribution in [0.4, 0.5) is 4.39 Å². The zero-order valence-corrected chi connectivity index (χ0v) is 8.67. The third-order valence-corrected chi connectivity index (χ3v) is 3.46. The van der Waals surface area contributed by atoms with Gasteiger partial charge in [-0.2, -0.15) is 0 Å². The Morgan fingerprint density at radius 3 is 2.29 bits per heavy atom. The molecule has 0 saturated heterocycles. The van der Waals surface area contributed by atoms with Gasteiger partial charge in [0.1, 0.15) is 5.67 Å². The molecule has 0 N–H and O–H groups in total. The van der Waals surface area contributed by atoms with Crippen LogP contribution in [0, 0.1) is 5.92 Å². The quantitative estimate of drug-likeness (QED) is 0.662. The lowest BCUT2D eigenvalue weighted by atomic mass is 9.83. The molecule has 1 saturated carbocycles. The maximum Gasteiger partial charge on any atom is 0.136 e. The molecule has 14 heavy (non-hydrogen) atoms. The van der Waals surface area contributed by atoms with Crippen molar-refractivity contribution in [2.45, 2.75) is 38.3 Å². The summed E-state index contributed by atoms with van der Waals surface area (Å²) in [4.78, 5) is 0. The fourth-order valence-corrected chi connectivity index (χ4v) is 2.47. The Morgan fingerprint density at radius 1 is 1.14 bits per heavy atom. The van der Waals surface area contributed by atoms with Crippen LogP contribution in [-0.4, -0.2) is 0 Å². The highest BCUT2D eigenvalue weighted by Crippen LogP contribution is 2.42. The maximum atomic E-state index is 14.5. The van der Waals surface area contributed by atoms with E-state index in [0.717, 1.165) is 18.4 Å². The summed E-state index contributed by atoms with van der Waals surface area (Å²) < 4.78 is 14.5. The fraction of sp³-hybridized carbons (Fsp3) is 0.538. The Kier molecular flexibility index (Phi) is 2.58. The Hall–Kier alpha value is -0.850. The van der Waals surface area contributed by atoms with Crippen LogP contribution in [-0.2, 0) is 5.67 Å². The molecule has 0 amide bonds.